The highest BCUT2D eigenvalue weighted by molar-refractivity contribution is 5.90. The van der Waals surface area contributed by atoms with E-state index in [-0.39, 0.29) is 30.7 Å². The molecule has 208 valence electrons. The van der Waals surface area contributed by atoms with Gasteiger partial charge in [0.1, 0.15) is 30.7 Å². The van der Waals surface area contributed by atoms with E-state index < -0.39 is 41.9 Å². The fourth-order valence-electron chi connectivity index (χ4n) is 5.18. The van der Waals surface area contributed by atoms with Crippen molar-refractivity contribution < 1.29 is 42.1 Å². The molecule has 1 heterocycles. The van der Waals surface area contributed by atoms with E-state index in [4.69, 9.17) is 14.2 Å². The zero-order valence-electron chi connectivity index (χ0n) is 21.3. The molecular formula is C31H27F3O6. The third-order valence-corrected chi connectivity index (χ3v) is 7.17. The second-order valence-electron chi connectivity index (χ2n) is 9.89. The van der Waals surface area contributed by atoms with Gasteiger partial charge in [0.15, 0.2) is 0 Å². The zero-order chi connectivity index (χ0) is 28.3. The standard InChI is InChI=1S/C31H27F3O6/c32-31(33,34)22-7-4-8-24(15-22)38-18-23(35)13-14-25-26-16-29(36)39-28(26)17-27(25)40-30(37)21-11-9-20(10-12-21)19-5-2-1-3-6-19/h1-15,23,25-28,35H,16-18H2/b14-13+/t23-,25-,26-,27-,28?/m1/s1. The number of carbonyl (C=O) groups excluding carboxylic acids is 2. The molecule has 1 saturated carbocycles. The van der Waals surface area contributed by atoms with Gasteiger partial charge in [-0.1, -0.05) is 60.7 Å². The summed E-state index contributed by atoms with van der Waals surface area (Å²) >= 11 is 0. The van der Waals surface area contributed by atoms with Crippen LogP contribution in [0.1, 0.15) is 28.8 Å². The summed E-state index contributed by atoms with van der Waals surface area (Å²) in [6.45, 7) is -0.285. The Morgan fingerprint density at radius 3 is 2.48 bits per heavy atom. The quantitative estimate of drug-likeness (QED) is 0.279. The van der Waals surface area contributed by atoms with Gasteiger partial charge < -0.3 is 19.3 Å². The number of hydrogen-bond acceptors (Lipinski definition) is 6. The minimum atomic E-state index is -4.51. The number of ether oxygens (including phenoxy) is 3. The second kappa shape index (κ2) is 11.6. The molecule has 1 saturated heterocycles. The molecule has 1 N–H and O–H groups in total. The van der Waals surface area contributed by atoms with Gasteiger partial charge in [-0.2, -0.15) is 13.2 Å². The number of aliphatic hydroxyl groups is 1. The number of fused-ring (bicyclic) bond motifs is 1. The van der Waals surface area contributed by atoms with Gasteiger partial charge in [0.05, 0.1) is 17.5 Å². The van der Waals surface area contributed by atoms with Gasteiger partial charge in [0.25, 0.3) is 0 Å². The van der Waals surface area contributed by atoms with Crippen LogP contribution in [-0.2, 0) is 20.4 Å². The van der Waals surface area contributed by atoms with E-state index in [1.807, 2.05) is 42.5 Å². The van der Waals surface area contributed by atoms with Crippen molar-refractivity contribution in [3.63, 3.8) is 0 Å². The number of benzene rings is 3. The van der Waals surface area contributed by atoms with E-state index in [0.29, 0.717) is 12.0 Å². The molecule has 1 unspecified atom stereocenters. The van der Waals surface area contributed by atoms with E-state index >= 15 is 0 Å². The normalized spacial score (nSPS) is 23.1. The van der Waals surface area contributed by atoms with Crippen LogP contribution in [0.15, 0.2) is 91.0 Å². The summed E-state index contributed by atoms with van der Waals surface area (Å²) in [6, 6.07) is 21.2. The lowest BCUT2D eigenvalue weighted by Gasteiger charge is -2.21. The maximum atomic E-state index is 13.0. The molecule has 5 rings (SSSR count). The molecular weight excluding hydrogens is 525 g/mol. The summed E-state index contributed by atoms with van der Waals surface area (Å²) in [5.41, 5.74) is 1.51. The molecule has 0 aromatic heterocycles. The summed E-state index contributed by atoms with van der Waals surface area (Å²) in [6.07, 6.45) is -3.03. The van der Waals surface area contributed by atoms with Crippen molar-refractivity contribution in [1.82, 2.24) is 0 Å². The minimum Gasteiger partial charge on any atom is -0.491 e. The number of rotatable bonds is 8. The third-order valence-electron chi connectivity index (χ3n) is 7.17. The molecule has 3 aromatic carbocycles. The number of halogens is 3. The summed E-state index contributed by atoms with van der Waals surface area (Å²) in [7, 11) is 0. The van der Waals surface area contributed by atoms with Crippen molar-refractivity contribution in [3.8, 4) is 16.9 Å². The lowest BCUT2D eigenvalue weighted by molar-refractivity contribution is -0.142. The highest BCUT2D eigenvalue weighted by atomic mass is 19.4. The van der Waals surface area contributed by atoms with Crippen LogP contribution in [0.3, 0.4) is 0 Å². The van der Waals surface area contributed by atoms with Crippen LogP contribution in [0.5, 0.6) is 5.75 Å². The van der Waals surface area contributed by atoms with Crippen LogP contribution in [0.25, 0.3) is 11.1 Å². The van der Waals surface area contributed by atoms with Crippen molar-refractivity contribution in [2.45, 2.75) is 37.3 Å². The molecule has 6 nitrogen and oxygen atoms in total. The highest BCUT2D eigenvalue weighted by Crippen LogP contribution is 2.44. The Bertz CT molecular complexity index is 1370. The van der Waals surface area contributed by atoms with Crippen molar-refractivity contribution >= 4 is 11.9 Å². The molecule has 2 fully saturated rings. The van der Waals surface area contributed by atoms with Crippen LogP contribution in [0, 0.1) is 11.8 Å². The van der Waals surface area contributed by atoms with Gasteiger partial charge in [0, 0.05) is 18.3 Å². The molecule has 3 aromatic rings. The Hall–Kier alpha value is -4.11. The minimum absolute atomic E-state index is 0.0249. The van der Waals surface area contributed by atoms with E-state index in [9.17, 15) is 27.9 Å². The lowest BCUT2D eigenvalue weighted by Crippen LogP contribution is -2.25. The Labute approximate surface area is 229 Å². The van der Waals surface area contributed by atoms with Crippen LogP contribution in [0.4, 0.5) is 13.2 Å². The Morgan fingerprint density at radius 2 is 1.75 bits per heavy atom. The first kappa shape index (κ1) is 27.5. The number of hydrogen-bond donors (Lipinski definition) is 1. The predicted molar refractivity (Wildman–Crippen MR) is 139 cm³/mol. The lowest BCUT2D eigenvalue weighted by atomic mass is 9.91. The zero-order valence-corrected chi connectivity index (χ0v) is 21.3. The van der Waals surface area contributed by atoms with Crippen LogP contribution in [-0.4, -0.2) is 42.0 Å². The Kier molecular flexibility index (Phi) is 7.93. The fourth-order valence-corrected chi connectivity index (χ4v) is 5.18. The Balaban J connectivity index is 1.23. The first-order chi connectivity index (χ1) is 19.2. The van der Waals surface area contributed by atoms with Gasteiger partial charge >= 0.3 is 18.1 Å². The highest BCUT2D eigenvalue weighted by Gasteiger charge is 2.50. The first-order valence-electron chi connectivity index (χ1n) is 12.9. The molecule has 1 aliphatic heterocycles. The van der Waals surface area contributed by atoms with Crippen LogP contribution >= 0.6 is 0 Å². The molecule has 9 heteroatoms. The summed E-state index contributed by atoms with van der Waals surface area (Å²) < 4.78 is 55.4. The maximum absolute atomic E-state index is 13.0. The van der Waals surface area contributed by atoms with E-state index in [1.54, 1.807) is 18.2 Å². The van der Waals surface area contributed by atoms with Crippen molar-refractivity contribution in [3.05, 3.63) is 102 Å². The van der Waals surface area contributed by atoms with Crippen molar-refractivity contribution in [2.24, 2.45) is 11.8 Å². The molecule has 2 aliphatic rings. The number of carbonyl (C=O) groups is 2. The SMILES string of the molecule is O=C1C[C@H]2C(C[C@@H](OC(=O)c3ccc(-c4ccccc4)cc3)[C@@H]2/C=C/[C@@H](O)COc2cccc(C(F)(F)F)c2)O1. The van der Waals surface area contributed by atoms with E-state index in [1.165, 1.54) is 18.2 Å². The van der Waals surface area contributed by atoms with E-state index in [0.717, 1.165) is 23.3 Å². The van der Waals surface area contributed by atoms with Gasteiger partial charge in [-0.3, -0.25) is 4.79 Å². The number of esters is 2. The third kappa shape index (κ3) is 6.37. The van der Waals surface area contributed by atoms with Crippen LogP contribution < -0.4 is 4.74 Å². The Morgan fingerprint density at radius 1 is 1.02 bits per heavy atom. The fraction of sp³-hybridized carbons (Fsp3) is 0.290. The van der Waals surface area contributed by atoms with Crippen molar-refractivity contribution in [1.29, 1.82) is 0 Å². The molecule has 0 bridgehead atoms. The molecule has 5 atom stereocenters. The van der Waals surface area contributed by atoms with Gasteiger partial charge in [-0.15, -0.1) is 0 Å². The summed E-state index contributed by atoms with van der Waals surface area (Å²) in [4.78, 5) is 24.9. The van der Waals surface area contributed by atoms with Gasteiger partial charge in [0.2, 0.25) is 0 Å². The average molecular weight is 553 g/mol. The summed E-state index contributed by atoms with van der Waals surface area (Å²) in [5, 5.41) is 10.4. The molecule has 1 aliphatic carbocycles. The van der Waals surface area contributed by atoms with Crippen molar-refractivity contribution in [2.75, 3.05) is 6.61 Å². The predicted octanol–water partition coefficient (Wildman–Crippen LogP) is 5.85. The average Bonchev–Trinajstić information content (AvgIpc) is 3.46. The smallest absolute Gasteiger partial charge is 0.416 e. The maximum Gasteiger partial charge on any atom is 0.416 e. The second-order valence-corrected chi connectivity index (χ2v) is 9.89. The van der Waals surface area contributed by atoms with Crippen LogP contribution in [0.2, 0.25) is 0 Å². The monoisotopic (exact) mass is 552 g/mol. The number of aliphatic hydroxyl groups excluding tert-OH is 1. The molecule has 0 radical (unpaired) electrons. The van der Waals surface area contributed by atoms with Gasteiger partial charge in [-0.05, 0) is 41.5 Å². The first-order valence-corrected chi connectivity index (χ1v) is 12.9. The molecule has 0 amide bonds. The van der Waals surface area contributed by atoms with E-state index in [2.05, 4.69) is 0 Å². The molecule has 0 spiro atoms. The topological polar surface area (TPSA) is 82.1 Å². The summed E-state index contributed by atoms with van der Waals surface area (Å²) in [5.74, 6) is -1.49. The largest absolute Gasteiger partial charge is 0.491 e. The number of alkyl halides is 3. The molecule has 40 heavy (non-hydrogen) atoms. The van der Waals surface area contributed by atoms with Gasteiger partial charge in [-0.25, -0.2) is 4.79 Å².